The standard InChI is InChI=1S/C18H28N2O2.ClH/c1-13(14(2)19)18(21)20-12-6-4-5-7-17(20)15-8-10-16(22-3)11-9-15;/h8-11,13-14,17H,4-7,12,19H2,1-3H3;1H. The third-order valence-electron chi connectivity index (χ3n) is 4.71. The first-order valence-electron chi connectivity index (χ1n) is 8.24. The fourth-order valence-electron chi connectivity index (χ4n) is 3.03. The summed E-state index contributed by atoms with van der Waals surface area (Å²) in [4.78, 5) is 14.9. The van der Waals surface area contributed by atoms with Gasteiger partial charge in [-0.25, -0.2) is 0 Å². The van der Waals surface area contributed by atoms with Crippen LogP contribution in [-0.4, -0.2) is 30.5 Å². The zero-order valence-corrected chi connectivity index (χ0v) is 15.1. The molecule has 0 aromatic heterocycles. The molecule has 0 aliphatic carbocycles. The van der Waals surface area contributed by atoms with Gasteiger partial charge in [-0.3, -0.25) is 4.79 Å². The molecule has 23 heavy (non-hydrogen) atoms. The van der Waals surface area contributed by atoms with Gasteiger partial charge < -0.3 is 15.4 Å². The quantitative estimate of drug-likeness (QED) is 0.912. The highest BCUT2D eigenvalue weighted by Crippen LogP contribution is 2.32. The second kappa shape index (κ2) is 9.14. The van der Waals surface area contributed by atoms with Gasteiger partial charge in [0.25, 0.3) is 0 Å². The molecule has 1 aliphatic rings. The van der Waals surface area contributed by atoms with Crippen LogP contribution in [0.1, 0.15) is 51.1 Å². The number of methoxy groups -OCH3 is 1. The topological polar surface area (TPSA) is 55.6 Å². The first-order valence-corrected chi connectivity index (χ1v) is 8.24. The summed E-state index contributed by atoms with van der Waals surface area (Å²) in [6, 6.07) is 8.13. The van der Waals surface area contributed by atoms with Gasteiger partial charge in [0.1, 0.15) is 5.75 Å². The van der Waals surface area contributed by atoms with Crippen molar-refractivity contribution in [2.45, 2.75) is 51.6 Å². The summed E-state index contributed by atoms with van der Waals surface area (Å²) in [7, 11) is 1.67. The zero-order valence-electron chi connectivity index (χ0n) is 14.3. The van der Waals surface area contributed by atoms with Crippen LogP contribution < -0.4 is 10.5 Å². The highest BCUT2D eigenvalue weighted by atomic mass is 35.5. The summed E-state index contributed by atoms with van der Waals surface area (Å²) < 4.78 is 5.23. The lowest BCUT2D eigenvalue weighted by atomic mass is 9.97. The number of nitrogens with two attached hydrogens (primary N) is 1. The van der Waals surface area contributed by atoms with Crippen molar-refractivity contribution in [1.82, 2.24) is 4.90 Å². The minimum atomic E-state index is -0.140. The summed E-state index contributed by atoms with van der Waals surface area (Å²) in [6.45, 7) is 4.67. The Morgan fingerprint density at radius 3 is 2.43 bits per heavy atom. The predicted molar refractivity (Wildman–Crippen MR) is 96.0 cm³/mol. The molecule has 1 aromatic carbocycles. The van der Waals surface area contributed by atoms with Crippen LogP contribution in [0.15, 0.2) is 24.3 Å². The lowest BCUT2D eigenvalue weighted by Gasteiger charge is -2.33. The molecule has 5 heteroatoms. The molecule has 1 amide bonds. The normalized spacial score (nSPS) is 20.9. The summed E-state index contributed by atoms with van der Waals surface area (Å²) in [5.41, 5.74) is 7.13. The molecule has 1 aliphatic heterocycles. The van der Waals surface area contributed by atoms with Gasteiger partial charge in [-0.2, -0.15) is 0 Å². The molecular weight excluding hydrogens is 312 g/mol. The molecule has 2 N–H and O–H groups in total. The van der Waals surface area contributed by atoms with Gasteiger partial charge in [-0.05, 0) is 37.5 Å². The van der Waals surface area contributed by atoms with E-state index in [1.54, 1.807) is 7.11 Å². The molecule has 3 unspecified atom stereocenters. The van der Waals surface area contributed by atoms with Gasteiger partial charge in [-0.1, -0.05) is 31.9 Å². The number of amides is 1. The van der Waals surface area contributed by atoms with E-state index in [0.29, 0.717) is 0 Å². The number of ether oxygens (including phenoxy) is 1. The molecule has 0 bridgehead atoms. The second-order valence-corrected chi connectivity index (χ2v) is 6.32. The summed E-state index contributed by atoms with van der Waals surface area (Å²) in [5.74, 6) is 0.885. The highest BCUT2D eigenvalue weighted by molar-refractivity contribution is 5.85. The smallest absolute Gasteiger partial charge is 0.227 e. The molecule has 0 spiro atoms. The summed E-state index contributed by atoms with van der Waals surface area (Å²) >= 11 is 0. The molecule has 0 saturated carbocycles. The van der Waals surface area contributed by atoms with Crippen molar-refractivity contribution in [3.8, 4) is 5.75 Å². The predicted octanol–water partition coefficient (Wildman–Crippen LogP) is 3.54. The van der Waals surface area contributed by atoms with Crippen LogP contribution >= 0.6 is 12.4 Å². The second-order valence-electron chi connectivity index (χ2n) is 6.32. The van der Waals surface area contributed by atoms with E-state index in [0.717, 1.165) is 31.6 Å². The molecule has 3 atom stereocenters. The Labute approximate surface area is 145 Å². The number of hydrogen-bond donors (Lipinski definition) is 1. The van der Waals surface area contributed by atoms with E-state index in [9.17, 15) is 4.79 Å². The average molecular weight is 341 g/mol. The number of rotatable bonds is 4. The van der Waals surface area contributed by atoms with E-state index in [1.165, 1.54) is 12.0 Å². The Hall–Kier alpha value is -1.26. The number of carbonyl (C=O) groups excluding carboxylic acids is 1. The number of nitrogens with zero attached hydrogens (tertiary/aromatic N) is 1. The molecule has 130 valence electrons. The molecule has 4 nitrogen and oxygen atoms in total. The van der Waals surface area contributed by atoms with Gasteiger partial charge in [0.15, 0.2) is 0 Å². The molecule has 0 radical (unpaired) electrons. The van der Waals surface area contributed by atoms with Gasteiger partial charge in [0.2, 0.25) is 5.91 Å². The Balaban J connectivity index is 0.00000264. The van der Waals surface area contributed by atoms with Gasteiger partial charge in [0.05, 0.1) is 19.1 Å². The first-order chi connectivity index (χ1) is 10.5. The van der Waals surface area contributed by atoms with Crippen LogP contribution in [0.3, 0.4) is 0 Å². The maximum Gasteiger partial charge on any atom is 0.227 e. The van der Waals surface area contributed by atoms with Crippen molar-refractivity contribution in [3.63, 3.8) is 0 Å². The number of likely N-dealkylation sites (tertiary alicyclic amines) is 1. The summed E-state index contributed by atoms with van der Waals surface area (Å²) in [5, 5.41) is 0. The Kier molecular flexibility index (Phi) is 7.86. The molecule has 1 fully saturated rings. The molecule has 1 saturated heterocycles. The van der Waals surface area contributed by atoms with Gasteiger partial charge in [0, 0.05) is 12.6 Å². The van der Waals surface area contributed by atoms with Crippen LogP contribution in [0.4, 0.5) is 0 Å². The maximum atomic E-state index is 12.8. The Morgan fingerprint density at radius 1 is 1.22 bits per heavy atom. The molecule has 1 heterocycles. The Morgan fingerprint density at radius 2 is 1.87 bits per heavy atom. The van der Waals surface area contributed by atoms with Crippen molar-refractivity contribution >= 4 is 18.3 Å². The van der Waals surface area contributed by atoms with E-state index in [-0.39, 0.29) is 36.3 Å². The molecule has 2 rings (SSSR count). The van der Waals surface area contributed by atoms with E-state index >= 15 is 0 Å². The summed E-state index contributed by atoms with van der Waals surface area (Å²) in [6.07, 6.45) is 4.43. The third kappa shape index (κ3) is 4.85. The van der Waals surface area contributed by atoms with Crippen LogP contribution in [0.5, 0.6) is 5.75 Å². The van der Waals surface area contributed by atoms with E-state index in [1.807, 2.05) is 30.9 Å². The van der Waals surface area contributed by atoms with Crippen LogP contribution in [0.2, 0.25) is 0 Å². The fraction of sp³-hybridized carbons (Fsp3) is 0.611. The van der Waals surface area contributed by atoms with E-state index in [4.69, 9.17) is 10.5 Å². The number of halogens is 1. The van der Waals surface area contributed by atoms with E-state index < -0.39 is 0 Å². The SMILES string of the molecule is COc1ccc(C2CCCCCN2C(=O)C(C)C(C)N)cc1.Cl. The average Bonchev–Trinajstić information content (AvgIpc) is 2.79. The minimum absolute atomic E-state index is 0. The van der Waals surface area contributed by atoms with Crippen LogP contribution in [0.25, 0.3) is 0 Å². The van der Waals surface area contributed by atoms with E-state index in [2.05, 4.69) is 12.1 Å². The third-order valence-corrected chi connectivity index (χ3v) is 4.71. The van der Waals surface area contributed by atoms with Crippen LogP contribution in [-0.2, 0) is 4.79 Å². The lowest BCUT2D eigenvalue weighted by molar-refractivity contribution is -0.138. The lowest BCUT2D eigenvalue weighted by Crippen LogP contribution is -2.43. The van der Waals surface area contributed by atoms with Crippen molar-refractivity contribution in [1.29, 1.82) is 0 Å². The van der Waals surface area contributed by atoms with Crippen molar-refractivity contribution in [2.24, 2.45) is 11.7 Å². The number of carbonyl (C=O) groups is 1. The highest BCUT2D eigenvalue weighted by Gasteiger charge is 2.30. The monoisotopic (exact) mass is 340 g/mol. The fourth-order valence-corrected chi connectivity index (χ4v) is 3.03. The van der Waals surface area contributed by atoms with Crippen LogP contribution in [0, 0.1) is 5.92 Å². The van der Waals surface area contributed by atoms with Crippen molar-refractivity contribution in [2.75, 3.05) is 13.7 Å². The van der Waals surface area contributed by atoms with Crippen molar-refractivity contribution < 1.29 is 9.53 Å². The van der Waals surface area contributed by atoms with Gasteiger partial charge in [-0.15, -0.1) is 12.4 Å². The minimum Gasteiger partial charge on any atom is -0.497 e. The zero-order chi connectivity index (χ0) is 16.1. The molecular formula is C18H29ClN2O2. The van der Waals surface area contributed by atoms with Crippen molar-refractivity contribution in [3.05, 3.63) is 29.8 Å². The maximum absolute atomic E-state index is 12.8. The number of benzene rings is 1. The first kappa shape index (κ1) is 19.8. The van der Waals surface area contributed by atoms with Gasteiger partial charge >= 0.3 is 0 Å². The largest absolute Gasteiger partial charge is 0.497 e. The number of hydrogen-bond acceptors (Lipinski definition) is 3. The molecule has 1 aromatic rings. The Bertz CT molecular complexity index is 490.